The molecule has 1 aromatic carbocycles. The van der Waals surface area contributed by atoms with Crippen molar-refractivity contribution in [3.05, 3.63) is 46.2 Å². The maximum atomic E-state index is 11.7. The summed E-state index contributed by atoms with van der Waals surface area (Å²) in [4.78, 5) is 17.1. The number of nitrogens with one attached hydrogen (secondary N) is 1. The van der Waals surface area contributed by atoms with Crippen molar-refractivity contribution in [2.45, 2.75) is 12.1 Å². The van der Waals surface area contributed by atoms with Gasteiger partial charge in [-0.1, -0.05) is 23.9 Å². The average molecular weight is 331 g/mol. The molecule has 1 amide bonds. The van der Waals surface area contributed by atoms with E-state index in [1.807, 2.05) is 42.6 Å². The highest BCUT2D eigenvalue weighted by molar-refractivity contribution is 7.99. The van der Waals surface area contributed by atoms with Crippen LogP contribution < -0.4 is 5.43 Å². The van der Waals surface area contributed by atoms with Crippen LogP contribution in [0, 0.1) is 6.92 Å². The fourth-order valence-corrected chi connectivity index (χ4v) is 3.17. The van der Waals surface area contributed by atoms with E-state index in [0.717, 1.165) is 21.5 Å². The van der Waals surface area contributed by atoms with Gasteiger partial charge in [-0.2, -0.15) is 5.10 Å². The van der Waals surface area contributed by atoms with Crippen molar-refractivity contribution in [2.75, 3.05) is 5.75 Å². The smallest absolute Gasteiger partial charge is 0.257 e. The number of aromatic nitrogens is 1. The number of benzene rings is 1. The number of hydrogen-bond acceptors (Lipinski definition) is 6. The van der Waals surface area contributed by atoms with Crippen molar-refractivity contribution in [3.8, 4) is 0 Å². The molecule has 7 heteroatoms. The molecule has 22 heavy (non-hydrogen) atoms. The second-order valence-corrected chi connectivity index (χ2v) is 6.37. The minimum atomic E-state index is -0.197. The Morgan fingerprint density at radius 2 is 2.32 bits per heavy atom. The summed E-state index contributed by atoms with van der Waals surface area (Å²) < 4.78 is 5.53. The molecule has 0 radical (unpaired) electrons. The van der Waals surface area contributed by atoms with Crippen LogP contribution in [-0.2, 0) is 4.79 Å². The molecular formula is C15H13N3O2S2. The zero-order valence-corrected chi connectivity index (χ0v) is 13.4. The number of thioether (sulfide) groups is 1. The molecule has 0 fully saturated rings. The Balaban J connectivity index is 1.52. The summed E-state index contributed by atoms with van der Waals surface area (Å²) in [5.74, 6) is 0.00541. The molecule has 1 N–H and O–H groups in total. The summed E-state index contributed by atoms with van der Waals surface area (Å²) in [5.41, 5.74) is 5.15. The molecule has 0 bridgehead atoms. The molecule has 0 saturated heterocycles. The van der Waals surface area contributed by atoms with Crippen LogP contribution in [0.1, 0.15) is 10.4 Å². The number of hydrazone groups is 1. The number of amides is 1. The van der Waals surface area contributed by atoms with Crippen LogP contribution in [0.2, 0.25) is 0 Å². The van der Waals surface area contributed by atoms with Crippen molar-refractivity contribution in [2.24, 2.45) is 5.10 Å². The van der Waals surface area contributed by atoms with E-state index in [-0.39, 0.29) is 11.7 Å². The standard InChI is InChI=1S/C15H13N3O2S2/c1-10-6-7-21-13(10)8-16-18-14(19)9-22-15-17-11-4-2-3-5-12(11)20-15/h2-8H,9H2,1H3,(H,18,19)/b16-8-. The van der Waals surface area contributed by atoms with Crippen LogP contribution in [0.4, 0.5) is 0 Å². The maximum absolute atomic E-state index is 11.7. The average Bonchev–Trinajstić information content (AvgIpc) is 3.11. The van der Waals surface area contributed by atoms with E-state index in [1.165, 1.54) is 11.8 Å². The predicted octanol–water partition coefficient (Wildman–Crippen LogP) is 3.44. The molecule has 0 unspecified atom stereocenters. The number of para-hydroxylation sites is 2. The lowest BCUT2D eigenvalue weighted by Crippen LogP contribution is -2.19. The number of carbonyl (C=O) groups is 1. The number of rotatable bonds is 5. The quantitative estimate of drug-likeness (QED) is 0.442. The zero-order valence-electron chi connectivity index (χ0n) is 11.8. The van der Waals surface area contributed by atoms with E-state index < -0.39 is 0 Å². The Labute approximate surface area is 135 Å². The molecule has 0 aliphatic rings. The van der Waals surface area contributed by atoms with Gasteiger partial charge >= 0.3 is 0 Å². The first-order valence-electron chi connectivity index (χ1n) is 6.57. The molecule has 3 rings (SSSR count). The largest absolute Gasteiger partial charge is 0.431 e. The number of hydrogen-bond donors (Lipinski definition) is 1. The predicted molar refractivity (Wildman–Crippen MR) is 89.5 cm³/mol. The zero-order chi connectivity index (χ0) is 15.4. The van der Waals surface area contributed by atoms with Crippen molar-refractivity contribution in [1.29, 1.82) is 0 Å². The molecule has 0 spiro atoms. The highest BCUT2D eigenvalue weighted by Crippen LogP contribution is 2.22. The fourth-order valence-electron chi connectivity index (χ4n) is 1.75. The monoisotopic (exact) mass is 331 g/mol. The molecule has 2 heterocycles. The van der Waals surface area contributed by atoms with Gasteiger partial charge in [0, 0.05) is 4.88 Å². The van der Waals surface area contributed by atoms with E-state index in [1.54, 1.807) is 17.6 Å². The topological polar surface area (TPSA) is 67.5 Å². The molecule has 2 aromatic heterocycles. The fraction of sp³-hybridized carbons (Fsp3) is 0.133. The van der Waals surface area contributed by atoms with Crippen molar-refractivity contribution in [3.63, 3.8) is 0 Å². The lowest BCUT2D eigenvalue weighted by Gasteiger charge is -1.96. The van der Waals surface area contributed by atoms with Gasteiger partial charge in [-0.05, 0) is 36.1 Å². The van der Waals surface area contributed by atoms with Gasteiger partial charge in [0.15, 0.2) is 5.58 Å². The summed E-state index contributed by atoms with van der Waals surface area (Å²) in [5, 5.41) is 6.42. The number of oxazole rings is 1. The Kier molecular flexibility index (Phi) is 4.55. The van der Waals surface area contributed by atoms with Crippen LogP contribution >= 0.6 is 23.1 Å². The molecule has 0 aliphatic carbocycles. The van der Waals surface area contributed by atoms with Gasteiger partial charge in [-0.25, -0.2) is 10.4 Å². The lowest BCUT2D eigenvalue weighted by atomic mass is 10.3. The molecule has 5 nitrogen and oxygen atoms in total. The molecular weight excluding hydrogens is 318 g/mol. The summed E-state index contributed by atoms with van der Waals surface area (Å²) in [7, 11) is 0. The SMILES string of the molecule is Cc1ccsc1/C=N\NC(=O)CSc1nc2ccccc2o1. The minimum absolute atomic E-state index is 0.197. The van der Waals surface area contributed by atoms with E-state index in [0.29, 0.717) is 5.22 Å². The van der Waals surface area contributed by atoms with Crippen LogP contribution in [0.3, 0.4) is 0 Å². The minimum Gasteiger partial charge on any atom is -0.431 e. The number of aryl methyl sites for hydroxylation is 1. The normalized spacial score (nSPS) is 11.3. The first-order valence-corrected chi connectivity index (χ1v) is 8.43. The van der Waals surface area contributed by atoms with Crippen LogP contribution in [-0.4, -0.2) is 22.9 Å². The van der Waals surface area contributed by atoms with E-state index in [2.05, 4.69) is 15.5 Å². The summed E-state index contributed by atoms with van der Waals surface area (Å²) in [6.45, 7) is 2.00. The number of carbonyl (C=O) groups excluding carboxylic acids is 1. The second-order valence-electron chi connectivity index (χ2n) is 4.50. The molecule has 112 valence electrons. The van der Waals surface area contributed by atoms with Crippen LogP contribution in [0.25, 0.3) is 11.1 Å². The number of fused-ring (bicyclic) bond motifs is 1. The van der Waals surface area contributed by atoms with E-state index in [9.17, 15) is 4.79 Å². The van der Waals surface area contributed by atoms with Crippen molar-refractivity contribution < 1.29 is 9.21 Å². The van der Waals surface area contributed by atoms with Gasteiger partial charge in [0.2, 0.25) is 0 Å². The Hall–Kier alpha value is -2.12. The van der Waals surface area contributed by atoms with Crippen LogP contribution in [0.15, 0.2) is 50.5 Å². The highest BCUT2D eigenvalue weighted by atomic mass is 32.2. The van der Waals surface area contributed by atoms with Crippen molar-refractivity contribution >= 4 is 46.3 Å². The van der Waals surface area contributed by atoms with Crippen LogP contribution in [0.5, 0.6) is 0 Å². The van der Waals surface area contributed by atoms with E-state index >= 15 is 0 Å². The highest BCUT2D eigenvalue weighted by Gasteiger charge is 2.08. The summed E-state index contributed by atoms with van der Waals surface area (Å²) >= 11 is 2.83. The summed E-state index contributed by atoms with van der Waals surface area (Å²) in [6, 6.07) is 9.51. The summed E-state index contributed by atoms with van der Waals surface area (Å²) in [6.07, 6.45) is 1.65. The van der Waals surface area contributed by atoms with Gasteiger partial charge in [-0.15, -0.1) is 11.3 Å². The third-order valence-corrected chi connectivity index (χ3v) is 4.66. The van der Waals surface area contributed by atoms with E-state index in [4.69, 9.17) is 4.42 Å². The third kappa shape index (κ3) is 3.55. The molecule has 0 saturated carbocycles. The van der Waals surface area contributed by atoms with Gasteiger partial charge in [0.05, 0.1) is 12.0 Å². The first-order chi connectivity index (χ1) is 10.7. The Morgan fingerprint density at radius 1 is 1.45 bits per heavy atom. The number of nitrogens with zero attached hydrogens (tertiary/aromatic N) is 2. The second kappa shape index (κ2) is 6.76. The Bertz CT molecular complexity index is 790. The molecule has 0 atom stereocenters. The van der Waals surface area contributed by atoms with Gasteiger partial charge < -0.3 is 4.42 Å². The van der Waals surface area contributed by atoms with Gasteiger partial charge in [0.1, 0.15) is 5.52 Å². The lowest BCUT2D eigenvalue weighted by molar-refractivity contribution is -0.118. The Morgan fingerprint density at radius 3 is 3.09 bits per heavy atom. The number of thiophene rings is 1. The van der Waals surface area contributed by atoms with Gasteiger partial charge in [0.25, 0.3) is 11.1 Å². The first kappa shape index (κ1) is 14.8. The van der Waals surface area contributed by atoms with Gasteiger partial charge in [-0.3, -0.25) is 4.79 Å². The third-order valence-electron chi connectivity index (χ3n) is 2.87. The molecule has 3 aromatic rings. The van der Waals surface area contributed by atoms with Crippen molar-refractivity contribution in [1.82, 2.24) is 10.4 Å². The maximum Gasteiger partial charge on any atom is 0.257 e. The molecule has 0 aliphatic heterocycles.